The minimum Gasteiger partial charge on any atom is -0.489 e. The maximum Gasteiger partial charge on any atom is 0.134 e. The fourth-order valence-electron chi connectivity index (χ4n) is 8.34. The van der Waals surface area contributed by atoms with Crippen LogP contribution in [0.25, 0.3) is 0 Å². The molecule has 7 aromatic carbocycles. The first kappa shape index (κ1) is 49.1. The largest absolute Gasteiger partial charge is 0.489 e. The lowest BCUT2D eigenvalue weighted by Crippen LogP contribution is -2.54. The van der Waals surface area contributed by atoms with Gasteiger partial charge in [0.2, 0.25) is 0 Å². The summed E-state index contributed by atoms with van der Waals surface area (Å²) in [5, 5.41) is -0.394. The molecule has 7 heteroatoms. The van der Waals surface area contributed by atoms with Crippen LogP contribution in [0, 0.1) is 6.92 Å². The summed E-state index contributed by atoms with van der Waals surface area (Å²) in [6.45, 7) is 10.3. The maximum absolute atomic E-state index is 11.9. The number of aryl methyl sites for hydroxylation is 1. The molecule has 0 aliphatic carbocycles. The highest BCUT2D eigenvalue weighted by molar-refractivity contribution is 8.00. The van der Waals surface area contributed by atoms with E-state index in [0.717, 1.165) is 50.3 Å². The topological polar surface area (TPSA) is 63.2 Å². The van der Waals surface area contributed by atoms with Crippen LogP contribution in [0.5, 0.6) is 5.75 Å². The molecule has 0 bridgehead atoms. The molecule has 0 amide bonds. The molecule has 1 aliphatic heterocycles. The summed E-state index contributed by atoms with van der Waals surface area (Å²) < 4.78 is 35.1. The van der Waals surface area contributed by atoms with Gasteiger partial charge in [0.25, 0.3) is 0 Å². The lowest BCUT2D eigenvalue weighted by molar-refractivity contribution is -0.160. The van der Waals surface area contributed by atoms with Gasteiger partial charge < -0.3 is 23.7 Å². The average molecular weight is 913 g/mol. The van der Waals surface area contributed by atoms with Crippen LogP contribution in [-0.4, -0.2) is 36.0 Å². The van der Waals surface area contributed by atoms with Crippen LogP contribution < -0.4 is 4.74 Å². The van der Waals surface area contributed by atoms with Crippen LogP contribution in [0.1, 0.15) is 81.7 Å². The van der Waals surface area contributed by atoms with Crippen molar-refractivity contribution in [2.24, 2.45) is 0 Å². The Bertz CT molecular complexity index is 2500. The van der Waals surface area contributed by atoms with Crippen LogP contribution in [0.15, 0.2) is 188 Å². The summed E-state index contributed by atoms with van der Waals surface area (Å²) in [4.78, 5) is 11.9. The van der Waals surface area contributed by atoms with Gasteiger partial charge in [-0.2, -0.15) is 0 Å². The third-order valence-electron chi connectivity index (χ3n) is 11.8. The van der Waals surface area contributed by atoms with Crippen molar-refractivity contribution in [2.75, 3.05) is 6.61 Å². The van der Waals surface area contributed by atoms with Crippen molar-refractivity contribution in [1.82, 2.24) is 0 Å². The zero-order valence-corrected chi connectivity index (χ0v) is 40.1. The Morgan fingerprint density at radius 2 is 0.925 bits per heavy atom. The molecule has 5 atom stereocenters. The van der Waals surface area contributed by atoms with E-state index in [2.05, 4.69) is 116 Å². The summed E-state index contributed by atoms with van der Waals surface area (Å²) in [6, 6.07) is 64.6. The molecule has 346 valence electrons. The monoisotopic (exact) mass is 912 g/mol. The Balaban J connectivity index is 0.00000329. The molecule has 0 unspecified atom stereocenters. The molecule has 0 radical (unpaired) electrons. The Hall–Kier alpha value is -5.80. The Morgan fingerprint density at radius 1 is 0.493 bits per heavy atom. The molecule has 1 saturated heterocycles. The van der Waals surface area contributed by atoms with E-state index in [0.29, 0.717) is 52.5 Å². The van der Waals surface area contributed by atoms with Crippen molar-refractivity contribution in [3.8, 4) is 5.75 Å². The molecular weight excluding hydrogens is 849 g/mol. The standard InChI is InChI=1S/C58H58O6S.C2H6/c1-42-32-53(61-37-47-20-10-4-11-21-47)52(35-51(42)34-45-30-28-44(29-31-45)33-43(2)59)58-57(64-40-50-26-16-7-17-27-50)56(63-39-49-24-14-6-15-25-49)55(62-38-48-22-12-5-13-23-48)54(65-58)41-60-36-46-18-8-3-9-19-46;1-2/h3-32,35,54-58H,33-34,36-41H2,1-2H3;1-2H3/t54-,55-,56+,57-,58+;/m1./s1. The van der Waals surface area contributed by atoms with Crippen LogP contribution in [0.2, 0.25) is 0 Å². The summed E-state index contributed by atoms with van der Waals surface area (Å²) in [5.74, 6) is 0.966. The lowest BCUT2D eigenvalue weighted by atomic mass is 9.91. The third-order valence-corrected chi connectivity index (χ3v) is 13.3. The highest BCUT2D eigenvalue weighted by Crippen LogP contribution is 2.50. The SMILES string of the molecule is CC.CC(=O)Cc1ccc(Cc2cc([C@@H]3S[C@H](COCc4ccccc4)[C@@H](OCc4ccccc4)[C@H](OCc4ccccc4)[C@H]3OCc3ccccc3)c(OCc3ccccc3)cc2C)cc1. The first-order valence-corrected chi connectivity index (χ1v) is 24.5. The van der Waals surface area contributed by atoms with Gasteiger partial charge in [-0.1, -0.05) is 196 Å². The van der Waals surface area contributed by atoms with E-state index in [1.165, 1.54) is 11.1 Å². The second-order valence-electron chi connectivity index (χ2n) is 16.8. The Labute approximate surface area is 402 Å². The van der Waals surface area contributed by atoms with Crippen molar-refractivity contribution in [3.05, 3.63) is 244 Å². The van der Waals surface area contributed by atoms with E-state index < -0.39 is 18.3 Å². The summed E-state index contributed by atoms with van der Waals surface area (Å²) in [7, 11) is 0. The molecule has 0 saturated carbocycles. The molecule has 67 heavy (non-hydrogen) atoms. The highest BCUT2D eigenvalue weighted by Gasteiger charge is 2.49. The van der Waals surface area contributed by atoms with Crippen molar-refractivity contribution < 1.29 is 28.5 Å². The molecule has 1 heterocycles. The number of Topliss-reactive ketones (excluding diaryl/α,β-unsaturated/α-hetero) is 1. The van der Waals surface area contributed by atoms with Crippen molar-refractivity contribution in [1.29, 1.82) is 0 Å². The second-order valence-corrected chi connectivity index (χ2v) is 18.2. The van der Waals surface area contributed by atoms with Gasteiger partial charge in [-0.15, -0.1) is 11.8 Å². The van der Waals surface area contributed by atoms with Crippen molar-refractivity contribution >= 4 is 17.5 Å². The van der Waals surface area contributed by atoms with Gasteiger partial charge in [-0.25, -0.2) is 0 Å². The maximum atomic E-state index is 11.9. The minimum absolute atomic E-state index is 0.148. The second kappa shape index (κ2) is 25.9. The Morgan fingerprint density at radius 3 is 1.42 bits per heavy atom. The van der Waals surface area contributed by atoms with E-state index in [1.807, 2.05) is 104 Å². The van der Waals surface area contributed by atoms with Gasteiger partial charge in [0.15, 0.2) is 0 Å². The van der Waals surface area contributed by atoms with Gasteiger partial charge >= 0.3 is 0 Å². The van der Waals surface area contributed by atoms with Crippen LogP contribution in [-0.2, 0) is 69.6 Å². The average Bonchev–Trinajstić information content (AvgIpc) is 3.37. The number of benzene rings is 7. The molecule has 1 fully saturated rings. The van der Waals surface area contributed by atoms with Gasteiger partial charge in [-0.05, 0) is 76.4 Å². The fraction of sp³-hybridized carbons (Fsp3) is 0.283. The number of hydrogen-bond donors (Lipinski definition) is 0. The van der Waals surface area contributed by atoms with E-state index in [1.54, 1.807) is 6.92 Å². The predicted octanol–water partition coefficient (Wildman–Crippen LogP) is 13.5. The predicted molar refractivity (Wildman–Crippen MR) is 272 cm³/mol. The number of ketones is 1. The Kier molecular flexibility index (Phi) is 19.0. The first-order valence-electron chi connectivity index (χ1n) is 23.6. The van der Waals surface area contributed by atoms with Gasteiger partial charge in [-0.3, -0.25) is 4.79 Å². The summed E-state index contributed by atoms with van der Waals surface area (Å²) in [5.41, 5.74) is 11.0. The smallest absolute Gasteiger partial charge is 0.134 e. The van der Waals surface area contributed by atoms with Crippen molar-refractivity contribution in [2.45, 2.75) is 102 Å². The highest BCUT2D eigenvalue weighted by atomic mass is 32.2. The van der Waals surface area contributed by atoms with E-state index >= 15 is 0 Å². The molecule has 0 spiro atoms. The van der Waals surface area contributed by atoms with E-state index in [4.69, 9.17) is 23.7 Å². The third kappa shape index (κ3) is 14.6. The van der Waals surface area contributed by atoms with E-state index in [9.17, 15) is 4.79 Å². The van der Waals surface area contributed by atoms with Crippen molar-refractivity contribution in [3.63, 3.8) is 0 Å². The molecule has 7 aromatic rings. The van der Waals surface area contributed by atoms with Crippen LogP contribution in [0.3, 0.4) is 0 Å². The molecule has 0 N–H and O–H groups in total. The summed E-state index contributed by atoms with van der Waals surface area (Å²) in [6.07, 6.45) is -0.218. The molecular formula is C60H64O6S. The molecule has 0 aromatic heterocycles. The first-order chi connectivity index (χ1) is 32.9. The normalized spacial score (nSPS) is 17.8. The quantitative estimate of drug-likeness (QED) is 0.0712. The van der Waals surface area contributed by atoms with Crippen LogP contribution in [0.4, 0.5) is 0 Å². The molecule has 8 rings (SSSR count). The lowest BCUT2D eigenvalue weighted by Gasteiger charge is -2.46. The number of hydrogen-bond acceptors (Lipinski definition) is 7. The van der Waals surface area contributed by atoms with Gasteiger partial charge in [0.05, 0.1) is 43.5 Å². The van der Waals surface area contributed by atoms with E-state index in [-0.39, 0.29) is 16.3 Å². The fourth-order valence-corrected chi connectivity index (χ4v) is 10.00. The zero-order chi connectivity index (χ0) is 46.6. The number of thioether (sulfide) groups is 1. The number of ether oxygens (including phenoxy) is 5. The summed E-state index contributed by atoms with van der Waals surface area (Å²) >= 11 is 1.83. The van der Waals surface area contributed by atoms with Gasteiger partial charge in [0.1, 0.15) is 36.5 Å². The molecule has 1 aliphatic rings. The number of carbonyl (C=O) groups excluding carboxylic acids is 1. The zero-order valence-electron chi connectivity index (χ0n) is 39.3. The minimum atomic E-state index is -0.500. The van der Waals surface area contributed by atoms with Crippen LogP contribution >= 0.6 is 11.8 Å². The van der Waals surface area contributed by atoms with Gasteiger partial charge in [0, 0.05) is 12.0 Å². The number of rotatable bonds is 21. The number of carbonyl (C=O) groups is 1. The molecule has 6 nitrogen and oxygen atoms in total.